The number of primary sulfonamides is 1. The standard InChI is InChI=1S/C10H17N3O2S2/c1-10(2,16-3)7-13-9-8(17(11,14)15)5-4-6-12-9/h4-6H,7H2,1-3H3,(H,12,13)(H2,11,14,15). The van der Waals surface area contributed by atoms with Crippen molar-refractivity contribution in [1.29, 1.82) is 0 Å². The van der Waals surface area contributed by atoms with Gasteiger partial charge >= 0.3 is 0 Å². The number of aromatic nitrogens is 1. The smallest absolute Gasteiger partial charge is 0.241 e. The van der Waals surface area contributed by atoms with Crippen LogP contribution >= 0.6 is 11.8 Å². The summed E-state index contributed by atoms with van der Waals surface area (Å²) in [7, 11) is -3.74. The van der Waals surface area contributed by atoms with Gasteiger partial charge in [-0.3, -0.25) is 0 Å². The summed E-state index contributed by atoms with van der Waals surface area (Å²) >= 11 is 1.69. The highest BCUT2D eigenvalue weighted by atomic mass is 32.2. The van der Waals surface area contributed by atoms with Gasteiger partial charge in [0, 0.05) is 17.5 Å². The molecule has 0 amide bonds. The average molecular weight is 275 g/mol. The summed E-state index contributed by atoms with van der Waals surface area (Å²) in [5.74, 6) is 0.303. The molecule has 1 heterocycles. The summed E-state index contributed by atoms with van der Waals surface area (Å²) in [4.78, 5) is 4.03. The van der Waals surface area contributed by atoms with Gasteiger partial charge in [-0.25, -0.2) is 18.5 Å². The van der Waals surface area contributed by atoms with Crippen molar-refractivity contribution in [2.45, 2.75) is 23.5 Å². The molecule has 0 saturated carbocycles. The van der Waals surface area contributed by atoms with E-state index in [1.54, 1.807) is 17.8 Å². The highest BCUT2D eigenvalue weighted by molar-refractivity contribution is 7.99. The average Bonchev–Trinajstić information content (AvgIpc) is 2.26. The first-order valence-electron chi connectivity index (χ1n) is 5.03. The van der Waals surface area contributed by atoms with Crippen molar-refractivity contribution in [3.63, 3.8) is 0 Å². The van der Waals surface area contributed by atoms with Gasteiger partial charge in [0.1, 0.15) is 10.7 Å². The van der Waals surface area contributed by atoms with E-state index in [9.17, 15) is 8.42 Å². The normalized spacial score (nSPS) is 12.5. The van der Waals surface area contributed by atoms with Crippen LogP contribution in [0.4, 0.5) is 5.82 Å². The largest absolute Gasteiger partial charge is 0.368 e. The van der Waals surface area contributed by atoms with E-state index >= 15 is 0 Å². The van der Waals surface area contributed by atoms with Gasteiger partial charge in [-0.15, -0.1) is 0 Å². The molecule has 17 heavy (non-hydrogen) atoms. The van der Waals surface area contributed by atoms with Crippen LogP contribution in [-0.4, -0.2) is 30.9 Å². The molecular formula is C10H17N3O2S2. The zero-order valence-electron chi connectivity index (χ0n) is 10.1. The van der Waals surface area contributed by atoms with E-state index in [1.165, 1.54) is 12.3 Å². The Balaban J connectivity index is 2.93. The fraction of sp³-hybridized carbons (Fsp3) is 0.500. The first kappa shape index (κ1) is 14.3. The SMILES string of the molecule is CSC(C)(C)CNc1ncccc1S(N)(=O)=O. The predicted octanol–water partition coefficient (Wildman–Crippen LogP) is 1.28. The Kier molecular flexibility index (Phi) is 4.40. The zero-order valence-corrected chi connectivity index (χ0v) is 11.7. The van der Waals surface area contributed by atoms with Crippen molar-refractivity contribution in [3.05, 3.63) is 18.3 Å². The van der Waals surface area contributed by atoms with Crippen molar-refractivity contribution in [3.8, 4) is 0 Å². The van der Waals surface area contributed by atoms with Crippen LogP contribution in [-0.2, 0) is 10.0 Å². The van der Waals surface area contributed by atoms with Gasteiger partial charge in [0.05, 0.1) is 0 Å². The molecule has 0 spiro atoms. The third-order valence-electron chi connectivity index (χ3n) is 2.31. The van der Waals surface area contributed by atoms with Gasteiger partial charge in [0.15, 0.2) is 0 Å². The molecule has 1 rings (SSSR count). The quantitative estimate of drug-likeness (QED) is 0.845. The molecule has 3 N–H and O–H groups in total. The lowest BCUT2D eigenvalue weighted by Gasteiger charge is -2.23. The van der Waals surface area contributed by atoms with E-state index in [4.69, 9.17) is 5.14 Å². The van der Waals surface area contributed by atoms with Crippen molar-refractivity contribution in [2.24, 2.45) is 5.14 Å². The fourth-order valence-corrected chi connectivity index (χ4v) is 2.00. The minimum Gasteiger partial charge on any atom is -0.368 e. The Morgan fingerprint density at radius 2 is 2.18 bits per heavy atom. The molecule has 0 atom stereocenters. The Labute approximate surface area is 106 Å². The van der Waals surface area contributed by atoms with Crippen LogP contribution in [0.2, 0.25) is 0 Å². The summed E-state index contributed by atoms with van der Waals surface area (Å²) in [6.45, 7) is 4.72. The second-order valence-electron chi connectivity index (χ2n) is 4.21. The van der Waals surface area contributed by atoms with Crippen LogP contribution in [0, 0.1) is 0 Å². The van der Waals surface area contributed by atoms with E-state index in [-0.39, 0.29) is 9.64 Å². The van der Waals surface area contributed by atoms with Gasteiger partial charge in [0.25, 0.3) is 0 Å². The Morgan fingerprint density at radius 3 is 2.71 bits per heavy atom. The molecule has 0 aromatic carbocycles. The van der Waals surface area contributed by atoms with Gasteiger partial charge in [0.2, 0.25) is 10.0 Å². The molecule has 0 bridgehead atoms. The van der Waals surface area contributed by atoms with Gasteiger partial charge in [-0.2, -0.15) is 11.8 Å². The number of hydrogen-bond donors (Lipinski definition) is 2. The fourth-order valence-electron chi connectivity index (χ4n) is 1.12. The number of nitrogens with two attached hydrogens (primary N) is 1. The maximum atomic E-state index is 11.3. The molecule has 5 nitrogen and oxygen atoms in total. The lowest BCUT2D eigenvalue weighted by Crippen LogP contribution is -2.27. The highest BCUT2D eigenvalue weighted by Crippen LogP contribution is 2.23. The Hall–Kier alpha value is -0.790. The van der Waals surface area contributed by atoms with Gasteiger partial charge in [-0.05, 0) is 32.2 Å². The van der Waals surface area contributed by atoms with E-state index in [2.05, 4.69) is 24.1 Å². The maximum absolute atomic E-state index is 11.3. The van der Waals surface area contributed by atoms with E-state index in [0.717, 1.165) is 0 Å². The van der Waals surface area contributed by atoms with E-state index < -0.39 is 10.0 Å². The maximum Gasteiger partial charge on any atom is 0.241 e. The molecule has 96 valence electrons. The number of nitrogens with one attached hydrogen (secondary N) is 1. The van der Waals surface area contributed by atoms with E-state index in [1.807, 2.05) is 6.26 Å². The molecule has 0 aliphatic heterocycles. The minimum atomic E-state index is -3.74. The number of pyridine rings is 1. The van der Waals surface area contributed by atoms with Gasteiger partial charge in [-0.1, -0.05) is 0 Å². The second kappa shape index (κ2) is 5.24. The number of rotatable bonds is 5. The summed E-state index contributed by atoms with van der Waals surface area (Å²) in [5, 5.41) is 8.14. The molecule has 0 fully saturated rings. The summed E-state index contributed by atoms with van der Waals surface area (Å²) in [5.41, 5.74) is 0. The molecule has 1 aromatic heterocycles. The van der Waals surface area contributed by atoms with Crippen molar-refractivity contribution >= 4 is 27.6 Å². The zero-order chi connectivity index (χ0) is 13.1. The molecule has 7 heteroatoms. The van der Waals surface area contributed by atoms with Crippen LogP contribution in [0.15, 0.2) is 23.2 Å². The molecule has 0 aliphatic rings. The van der Waals surface area contributed by atoms with Gasteiger partial charge < -0.3 is 5.32 Å². The monoisotopic (exact) mass is 275 g/mol. The lowest BCUT2D eigenvalue weighted by molar-refractivity contribution is 0.597. The van der Waals surface area contributed by atoms with Crippen molar-refractivity contribution < 1.29 is 8.42 Å². The van der Waals surface area contributed by atoms with E-state index in [0.29, 0.717) is 12.4 Å². The molecule has 0 unspecified atom stereocenters. The number of sulfonamides is 1. The summed E-state index contributed by atoms with van der Waals surface area (Å²) in [6.07, 6.45) is 3.53. The third-order valence-corrected chi connectivity index (χ3v) is 4.50. The van der Waals surface area contributed by atoms with Crippen LogP contribution in [0.1, 0.15) is 13.8 Å². The predicted molar refractivity (Wildman–Crippen MR) is 71.7 cm³/mol. The number of anilines is 1. The summed E-state index contributed by atoms with van der Waals surface area (Å²) < 4.78 is 22.7. The number of nitrogens with zero attached hydrogens (tertiary/aromatic N) is 1. The molecular weight excluding hydrogens is 258 g/mol. The van der Waals surface area contributed by atoms with Crippen molar-refractivity contribution in [1.82, 2.24) is 4.98 Å². The first-order valence-corrected chi connectivity index (χ1v) is 7.80. The lowest BCUT2D eigenvalue weighted by atomic mass is 10.2. The van der Waals surface area contributed by atoms with Crippen LogP contribution in [0.3, 0.4) is 0 Å². The van der Waals surface area contributed by atoms with Crippen molar-refractivity contribution in [2.75, 3.05) is 18.1 Å². The topological polar surface area (TPSA) is 85.1 Å². The number of thioether (sulfide) groups is 1. The minimum absolute atomic E-state index is 0.00679. The van der Waals surface area contributed by atoms with Crippen LogP contribution in [0.25, 0.3) is 0 Å². The molecule has 0 radical (unpaired) electrons. The first-order chi connectivity index (χ1) is 7.76. The Morgan fingerprint density at radius 1 is 1.53 bits per heavy atom. The molecule has 1 aromatic rings. The third kappa shape index (κ3) is 4.18. The molecule has 0 saturated heterocycles. The number of hydrogen-bond acceptors (Lipinski definition) is 5. The highest BCUT2D eigenvalue weighted by Gasteiger charge is 2.19. The van der Waals surface area contributed by atoms with Crippen LogP contribution < -0.4 is 10.5 Å². The summed E-state index contributed by atoms with van der Waals surface area (Å²) in [6, 6.07) is 2.99. The van der Waals surface area contributed by atoms with Crippen LogP contribution in [0.5, 0.6) is 0 Å². The second-order valence-corrected chi connectivity index (χ2v) is 7.26. The Bertz CT molecular complexity index is 486. The molecule has 0 aliphatic carbocycles.